The Balaban J connectivity index is 1.69. The molecule has 1 unspecified atom stereocenters. The molecule has 140 valence electrons. The monoisotopic (exact) mass is 368 g/mol. The van der Waals surface area contributed by atoms with Gasteiger partial charge in [0, 0.05) is 19.2 Å². The smallest absolute Gasteiger partial charge is 0.308 e. The number of carbonyl (C=O) groups excluding carboxylic acids is 1. The number of nitrogens with one attached hydrogen (secondary N) is 1. The molecule has 1 amide bonds. The van der Waals surface area contributed by atoms with Gasteiger partial charge in [-0.25, -0.2) is 4.68 Å². The SMILES string of the molecule is COc1ccccc1CC(CNC(=O)c1ccc2c(c1)nnn2C)C(=O)O. The first-order chi connectivity index (χ1) is 13.0. The van der Waals surface area contributed by atoms with Crippen LogP contribution in [0.3, 0.4) is 0 Å². The number of aromatic nitrogens is 3. The van der Waals surface area contributed by atoms with Crippen LogP contribution in [0.4, 0.5) is 0 Å². The highest BCUT2D eigenvalue weighted by Crippen LogP contribution is 2.21. The fourth-order valence-electron chi connectivity index (χ4n) is 2.88. The maximum atomic E-state index is 12.4. The minimum atomic E-state index is -0.981. The Labute approximate surface area is 155 Å². The average Bonchev–Trinajstić information content (AvgIpc) is 3.05. The van der Waals surface area contributed by atoms with Gasteiger partial charge in [0.05, 0.1) is 18.5 Å². The highest BCUT2D eigenvalue weighted by atomic mass is 16.5. The second-order valence-electron chi connectivity index (χ2n) is 6.18. The Hall–Kier alpha value is -3.42. The van der Waals surface area contributed by atoms with E-state index in [1.165, 1.54) is 0 Å². The molecule has 0 saturated heterocycles. The van der Waals surface area contributed by atoms with Crippen molar-refractivity contribution in [1.82, 2.24) is 20.3 Å². The quantitative estimate of drug-likeness (QED) is 0.657. The lowest BCUT2D eigenvalue weighted by molar-refractivity contribution is -0.141. The van der Waals surface area contributed by atoms with Crippen molar-refractivity contribution in [2.45, 2.75) is 6.42 Å². The fraction of sp³-hybridized carbons (Fsp3) is 0.263. The number of para-hydroxylation sites is 1. The van der Waals surface area contributed by atoms with Crippen LogP contribution in [-0.2, 0) is 18.3 Å². The number of carboxylic acid groups (broad SMARTS) is 1. The van der Waals surface area contributed by atoms with Crippen LogP contribution < -0.4 is 10.1 Å². The van der Waals surface area contributed by atoms with E-state index in [1.807, 2.05) is 18.2 Å². The third-order valence-electron chi connectivity index (χ3n) is 4.39. The zero-order valence-electron chi connectivity index (χ0n) is 15.0. The van der Waals surface area contributed by atoms with Gasteiger partial charge < -0.3 is 15.2 Å². The number of ether oxygens (including phenoxy) is 1. The molecule has 2 N–H and O–H groups in total. The van der Waals surface area contributed by atoms with Crippen molar-refractivity contribution in [3.8, 4) is 5.75 Å². The van der Waals surface area contributed by atoms with Crippen LogP contribution in [0.5, 0.6) is 5.75 Å². The molecule has 3 aromatic rings. The van der Waals surface area contributed by atoms with Gasteiger partial charge in [0.1, 0.15) is 11.3 Å². The maximum Gasteiger partial charge on any atom is 0.308 e. The summed E-state index contributed by atoms with van der Waals surface area (Å²) in [7, 11) is 3.31. The van der Waals surface area contributed by atoms with Crippen molar-refractivity contribution in [2.24, 2.45) is 13.0 Å². The van der Waals surface area contributed by atoms with E-state index < -0.39 is 11.9 Å². The second kappa shape index (κ2) is 7.86. The number of aryl methyl sites for hydroxylation is 1. The van der Waals surface area contributed by atoms with Gasteiger partial charge in [0.15, 0.2) is 0 Å². The molecule has 0 radical (unpaired) electrons. The number of hydrogen-bond donors (Lipinski definition) is 2. The van der Waals surface area contributed by atoms with Crippen LogP contribution >= 0.6 is 0 Å². The topological polar surface area (TPSA) is 106 Å². The molecule has 0 aliphatic rings. The zero-order valence-corrected chi connectivity index (χ0v) is 15.0. The lowest BCUT2D eigenvalue weighted by atomic mass is 9.98. The van der Waals surface area contributed by atoms with Gasteiger partial charge in [0.2, 0.25) is 0 Å². The van der Waals surface area contributed by atoms with Gasteiger partial charge in [-0.3, -0.25) is 9.59 Å². The number of rotatable bonds is 7. The molecule has 0 spiro atoms. The Kier molecular flexibility index (Phi) is 5.35. The molecule has 0 aliphatic carbocycles. The van der Waals surface area contributed by atoms with E-state index in [9.17, 15) is 14.7 Å². The molecule has 1 heterocycles. The van der Waals surface area contributed by atoms with Crippen molar-refractivity contribution in [3.63, 3.8) is 0 Å². The third-order valence-corrected chi connectivity index (χ3v) is 4.39. The van der Waals surface area contributed by atoms with Gasteiger partial charge in [-0.1, -0.05) is 23.4 Å². The summed E-state index contributed by atoms with van der Waals surface area (Å²) in [5.74, 6) is -1.48. The van der Waals surface area contributed by atoms with Gasteiger partial charge in [-0.2, -0.15) is 0 Å². The van der Waals surface area contributed by atoms with Gasteiger partial charge in [-0.15, -0.1) is 5.10 Å². The molecule has 8 nitrogen and oxygen atoms in total. The van der Waals surface area contributed by atoms with E-state index in [-0.39, 0.29) is 18.9 Å². The summed E-state index contributed by atoms with van der Waals surface area (Å²) in [4.78, 5) is 24.0. The van der Waals surface area contributed by atoms with E-state index in [1.54, 1.807) is 43.1 Å². The molecule has 0 fully saturated rings. The summed E-state index contributed by atoms with van der Waals surface area (Å²) in [6, 6.07) is 12.3. The molecule has 0 bridgehead atoms. The number of benzene rings is 2. The number of carbonyl (C=O) groups is 2. The first kappa shape index (κ1) is 18.4. The van der Waals surface area contributed by atoms with Gasteiger partial charge >= 0.3 is 5.97 Å². The highest BCUT2D eigenvalue weighted by molar-refractivity contribution is 5.97. The highest BCUT2D eigenvalue weighted by Gasteiger charge is 2.21. The Bertz CT molecular complexity index is 983. The van der Waals surface area contributed by atoms with Crippen molar-refractivity contribution < 1.29 is 19.4 Å². The number of hydrogen-bond acceptors (Lipinski definition) is 5. The molecule has 1 atom stereocenters. The third kappa shape index (κ3) is 4.05. The molecule has 0 aliphatic heterocycles. The summed E-state index contributed by atoms with van der Waals surface area (Å²) < 4.78 is 6.88. The van der Waals surface area contributed by atoms with Crippen LogP contribution in [0.1, 0.15) is 15.9 Å². The van der Waals surface area contributed by atoms with Crippen molar-refractivity contribution in [1.29, 1.82) is 0 Å². The van der Waals surface area contributed by atoms with Crippen LogP contribution in [0, 0.1) is 5.92 Å². The molecule has 1 aromatic heterocycles. The van der Waals surface area contributed by atoms with E-state index in [0.29, 0.717) is 16.8 Å². The molecule has 2 aromatic carbocycles. The number of aliphatic carboxylic acids is 1. The number of nitrogens with zero attached hydrogens (tertiary/aromatic N) is 3. The summed E-state index contributed by atoms with van der Waals surface area (Å²) in [6.45, 7) is 0.00468. The van der Waals surface area contributed by atoms with Crippen LogP contribution in [0.2, 0.25) is 0 Å². The Morgan fingerprint density at radius 3 is 2.78 bits per heavy atom. The van der Waals surface area contributed by atoms with Crippen LogP contribution in [0.15, 0.2) is 42.5 Å². The first-order valence-electron chi connectivity index (χ1n) is 8.42. The molecular formula is C19H20N4O4. The van der Waals surface area contributed by atoms with Crippen LogP contribution in [-0.4, -0.2) is 45.6 Å². The van der Waals surface area contributed by atoms with E-state index in [2.05, 4.69) is 15.6 Å². The molecule has 27 heavy (non-hydrogen) atoms. The first-order valence-corrected chi connectivity index (χ1v) is 8.42. The zero-order chi connectivity index (χ0) is 19.4. The Morgan fingerprint density at radius 2 is 2.04 bits per heavy atom. The molecule has 8 heteroatoms. The number of carboxylic acids is 1. The predicted octanol–water partition coefficient (Wildman–Crippen LogP) is 1.65. The van der Waals surface area contributed by atoms with Gasteiger partial charge in [0.25, 0.3) is 5.91 Å². The minimum Gasteiger partial charge on any atom is -0.496 e. The van der Waals surface area contributed by atoms with Crippen molar-refractivity contribution in [3.05, 3.63) is 53.6 Å². The standard InChI is InChI=1S/C19H20N4O4/c1-23-16-8-7-13(10-15(16)21-22-23)18(24)20-11-14(19(25)26)9-12-5-3-4-6-17(12)27-2/h3-8,10,14H,9,11H2,1-2H3,(H,20,24)(H,25,26). The van der Waals surface area contributed by atoms with E-state index in [4.69, 9.17) is 4.74 Å². The normalized spacial score (nSPS) is 11.9. The van der Waals surface area contributed by atoms with E-state index in [0.717, 1.165) is 11.1 Å². The number of amides is 1. The van der Waals surface area contributed by atoms with Crippen molar-refractivity contribution >= 4 is 22.9 Å². The maximum absolute atomic E-state index is 12.4. The molecule has 0 saturated carbocycles. The lowest BCUT2D eigenvalue weighted by Crippen LogP contribution is -2.34. The summed E-state index contributed by atoms with van der Waals surface area (Å²) in [5.41, 5.74) is 2.60. The lowest BCUT2D eigenvalue weighted by Gasteiger charge is -2.15. The van der Waals surface area contributed by atoms with Gasteiger partial charge in [-0.05, 0) is 36.2 Å². The summed E-state index contributed by atoms with van der Waals surface area (Å²) in [5, 5.41) is 20.1. The number of fused-ring (bicyclic) bond motifs is 1. The van der Waals surface area contributed by atoms with Crippen LogP contribution in [0.25, 0.3) is 11.0 Å². The second-order valence-corrected chi connectivity index (χ2v) is 6.18. The fourth-order valence-corrected chi connectivity index (χ4v) is 2.88. The summed E-state index contributed by atoms with van der Waals surface area (Å²) in [6.07, 6.45) is 0.253. The predicted molar refractivity (Wildman–Crippen MR) is 98.7 cm³/mol. The largest absolute Gasteiger partial charge is 0.496 e. The van der Waals surface area contributed by atoms with Crippen molar-refractivity contribution in [2.75, 3.05) is 13.7 Å². The Morgan fingerprint density at radius 1 is 1.26 bits per heavy atom. The summed E-state index contributed by atoms with van der Waals surface area (Å²) >= 11 is 0. The molecule has 3 rings (SSSR count). The van der Waals surface area contributed by atoms with E-state index >= 15 is 0 Å². The molecular weight excluding hydrogens is 348 g/mol. The number of methoxy groups -OCH3 is 1. The minimum absolute atomic E-state index is 0.00468. The average molecular weight is 368 g/mol.